The van der Waals surface area contributed by atoms with Crippen molar-refractivity contribution < 1.29 is 9.90 Å². The van der Waals surface area contributed by atoms with Crippen molar-refractivity contribution in [2.75, 3.05) is 13.1 Å². The summed E-state index contributed by atoms with van der Waals surface area (Å²) in [5.74, 6) is 0.351. The van der Waals surface area contributed by atoms with Gasteiger partial charge in [-0.1, -0.05) is 15.9 Å². The maximum absolute atomic E-state index is 10.9. The molecule has 2 heterocycles. The molecule has 20 heavy (non-hydrogen) atoms. The van der Waals surface area contributed by atoms with Crippen LogP contribution in [-0.4, -0.2) is 39.0 Å². The average molecular weight is 338 g/mol. The van der Waals surface area contributed by atoms with Crippen molar-refractivity contribution in [2.24, 2.45) is 5.92 Å². The predicted octanol–water partition coefficient (Wildman–Crippen LogP) is 3.11. The van der Waals surface area contributed by atoms with E-state index in [1.165, 1.54) is 10.5 Å². The van der Waals surface area contributed by atoms with E-state index in [0.717, 1.165) is 28.3 Å². The second-order valence-corrected chi connectivity index (χ2v) is 6.19. The van der Waals surface area contributed by atoms with Crippen molar-refractivity contribution in [1.29, 1.82) is 0 Å². The zero-order valence-corrected chi connectivity index (χ0v) is 12.8. The molecule has 0 bridgehead atoms. The fourth-order valence-electron chi connectivity index (χ4n) is 2.77. The third-order valence-electron chi connectivity index (χ3n) is 3.94. The van der Waals surface area contributed by atoms with E-state index in [1.54, 1.807) is 0 Å². The molecule has 0 saturated carbocycles. The third-order valence-corrected chi connectivity index (χ3v) is 4.80. The van der Waals surface area contributed by atoms with Crippen LogP contribution in [0.1, 0.15) is 12.0 Å². The summed E-state index contributed by atoms with van der Waals surface area (Å²) in [5, 5.41) is 14.7. The van der Waals surface area contributed by atoms with E-state index in [9.17, 15) is 4.79 Å². The van der Waals surface area contributed by atoms with Gasteiger partial charge in [-0.15, -0.1) is 0 Å². The monoisotopic (exact) mass is 337 g/mol. The molecule has 0 spiro atoms. The van der Waals surface area contributed by atoms with Crippen molar-refractivity contribution in [3.05, 3.63) is 28.4 Å². The van der Waals surface area contributed by atoms with Gasteiger partial charge in [0.15, 0.2) is 0 Å². The standard InChI is InChI=1S/C14H16BrN3O2/c1-9-11-8-18(16-13(11)3-2-12(9)15)7-10-4-5-17(6-10)14(19)20/h2-3,8,10H,4-7H2,1H3,(H,19,20)/t10-/m1/s1. The summed E-state index contributed by atoms with van der Waals surface area (Å²) in [4.78, 5) is 12.4. The van der Waals surface area contributed by atoms with Crippen LogP contribution in [0.2, 0.25) is 0 Å². The topological polar surface area (TPSA) is 58.4 Å². The molecule has 3 rings (SSSR count). The first-order chi connectivity index (χ1) is 9.54. The summed E-state index contributed by atoms with van der Waals surface area (Å²) < 4.78 is 3.03. The van der Waals surface area contributed by atoms with Gasteiger partial charge >= 0.3 is 6.09 Å². The zero-order valence-electron chi connectivity index (χ0n) is 11.2. The second-order valence-electron chi connectivity index (χ2n) is 5.34. The Kier molecular flexibility index (Phi) is 3.41. The normalized spacial score (nSPS) is 18.9. The number of amides is 1. The maximum Gasteiger partial charge on any atom is 0.407 e. The minimum Gasteiger partial charge on any atom is -0.465 e. The predicted molar refractivity (Wildman–Crippen MR) is 79.9 cm³/mol. The molecule has 106 valence electrons. The molecule has 0 radical (unpaired) electrons. The Balaban J connectivity index is 1.79. The number of carboxylic acid groups (broad SMARTS) is 1. The molecule has 1 saturated heterocycles. The van der Waals surface area contributed by atoms with Gasteiger partial charge < -0.3 is 10.0 Å². The van der Waals surface area contributed by atoms with Crippen LogP contribution in [0, 0.1) is 12.8 Å². The number of fused-ring (bicyclic) bond motifs is 1. The molecule has 1 aliphatic heterocycles. The first-order valence-electron chi connectivity index (χ1n) is 6.64. The minimum atomic E-state index is -0.821. The maximum atomic E-state index is 10.9. The van der Waals surface area contributed by atoms with Crippen LogP contribution in [0.5, 0.6) is 0 Å². The number of carbonyl (C=O) groups is 1. The zero-order chi connectivity index (χ0) is 14.3. The fourth-order valence-corrected chi connectivity index (χ4v) is 3.11. The highest BCUT2D eigenvalue weighted by atomic mass is 79.9. The number of benzene rings is 1. The summed E-state index contributed by atoms with van der Waals surface area (Å²) in [6, 6.07) is 4.01. The number of rotatable bonds is 2. The number of aryl methyl sites for hydroxylation is 1. The van der Waals surface area contributed by atoms with Crippen LogP contribution in [0.15, 0.2) is 22.8 Å². The lowest BCUT2D eigenvalue weighted by Crippen LogP contribution is -2.27. The van der Waals surface area contributed by atoms with Gasteiger partial charge in [-0.25, -0.2) is 4.79 Å². The van der Waals surface area contributed by atoms with Crippen molar-refractivity contribution >= 4 is 32.9 Å². The second kappa shape index (κ2) is 5.09. The molecule has 5 nitrogen and oxygen atoms in total. The number of halogens is 1. The summed E-state index contributed by atoms with van der Waals surface area (Å²) >= 11 is 3.53. The van der Waals surface area contributed by atoms with Crippen LogP contribution in [-0.2, 0) is 6.54 Å². The van der Waals surface area contributed by atoms with E-state index in [0.29, 0.717) is 19.0 Å². The Hall–Kier alpha value is -1.56. The van der Waals surface area contributed by atoms with Gasteiger partial charge in [-0.2, -0.15) is 5.10 Å². The lowest BCUT2D eigenvalue weighted by atomic mass is 10.1. The van der Waals surface area contributed by atoms with Crippen LogP contribution in [0.4, 0.5) is 4.79 Å². The molecule has 1 atom stereocenters. The van der Waals surface area contributed by atoms with Gasteiger partial charge in [0.1, 0.15) is 0 Å². The van der Waals surface area contributed by atoms with Crippen LogP contribution in [0.25, 0.3) is 10.9 Å². The van der Waals surface area contributed by atoms with E-state index in [-0.39, 0.29) is 0 Å². The van der Waals surface area contributed by atoms with Crippen molar-refractivity contribution in [3.63, 3.8) is 0 Å². The van der Waals surface area contributed by atoms with Crippen LogP contribution in [0.3, 0.4) is 0 Å². The third kappa shape index (κ3) is 2.40. The Morgan fingerprint density at radius 1 is 1.55 bits per heavy atom. The molecule has 1 fully saturated rings. The van der Waals surface area contributed by atoms with E-state index in [2.05, 4.69) is 34.1 Å². The molecule has 2 aromatic rings. The van der Waals surface area contributed by atoms with Gasteiger partial charge in [-0.3, -0.25) is 4.68 Å². The molecule has 1 aromatic heterocycles. The van der Waals surface area contributed by atoms with Gasteiger partial charge in [0, 0.05) is 35.7 Å². The molecular formula is C14H16BrN3O2. The first-order valence-corrected chi connectivity index (χ1v) is 7.44. The number of nitrogens with zero attached hydrogens (tertiary/aromatic N) is 3. The van der Waals surface area contributed by atoms with Crippen LogP contribution >= 0.6 is 15.9 Å². The minimum absolute atomic E-state index is 0.351. The van der Waals surface area contributed by atoms with E-state index >= 15 is 0 Å². The van der Waals surface area contributed by atoms with Gasteiger partial charge in [-0.05, 0) is 37.0 Å². The van der Waals surface area contributed by atoms with Gasteiger partial charge in [0.25, 0.3) is 0 Å². The fraction of sp³-hybridized carbons (Fsp3) is 0.429. The molecule has 1 aromatic carbocycles. The number of hydrogen-bond acceptors (Lipinski definition) is 2. The molecular weight excluding hydrogens is 322 g/mol. The number of aromatic nitrogens is 2. The summed E-state index contributed by atoms with van der Waals surface area (Å²) in [5.41, 5.74) is 2.17. The Labute approximate surface area is 125 Å². The smallest absolute Gasteiger partial charge is 0.407 e. The molecule has 0 unspecified atom stereocenters. The van der Waals surface area contributed by atoms with Crippen LogP contribution < -0.4 is 0 Å². The first kappa shape index (κ1) is 13.4. The van der Waals surface area contributed by atoms with E-state index in [1.807, 2.05) is 16.8 Å². The lowest BCUT2D eigenvalue weighted by molar-refractivity contribution is 0.153. The van der Waals surface area contributed by atoms with Gasteiger partial charge in [0.2, 0.25) is 0 Å². The van der Waals surface area contributed by atoms with E-state index < -0.39 is 6.09 Å². The highest BCUT2D eigenvalue weighted by molar-refractivity contribution is 9.10. The number of hydrogen-bond donors (Lipinski definition) is 1. The summed E-state index contributed by atoms with van der Waals surface area (Å²) in [6.45, 7) is 4.08. The molecule has 6 heteroatoms. The van der Waals surface area contributed by atoms with Crippen molar-refractivity contribution in [3.8, 4) is 0 Å². The Bertz CT molecular complexity index is 668. The molecule has 1 aliphatic rings. The SMILES string of the molecule is Cc1c(Br)ccc2nn(C[C@@H]3CCN(C(=O)O)C3)cc12. The molecule has 1 N–H and O–H groups in total. The van der Waals surface area contributed by atoms with Gasteiger partial charge in [0.05, 0.1) is 5.52 Å². The van der Waals surface area contributed by atoms with Crippen molar-refractivity contribution in [1.82, 2.24) is 14.7 Å². The molecule has 1 amide bonds. The Morgan fingerprint density at radius 3 is 3.05 bits per heavy atom. The highest BCUT2D eigenvalue weighted by Gasteiger charge is 2.26. The summed E-state index contributed by atoms with van der Waals surface area (Å²) in [7, 11) is 0. The lowest BCUT2D eigenvalue weighted by Gasteiger charge is -2.12. The molecule has 0 aliphatic carbocycles. The summed E-state index contributed by atoms with van der Waals surface area (Å²) in [6.07, 6.45) is 2.14. The largest absolute Gasteiger partial charge is 0.465 e. The average Bonchev–Trinajstić information content (AvgIpc) is 3.01. The highest BCUT2D eigenvalue weighted by Crippen LogP contribution is 2.26. The number of likely N-dealkylation sites (tertiary alicyclic amines) is 1. The van der Waals surface area contributed by atoms with E-state index in [4.69, 9.17) is 5.11 Å². The Morgan fingerprint density at radius 2 is 2.35 bits per heavy atom. The van der Waals surface area contributed by atoms with Crippen molar-refractivity contribution in [2.45, 2.75) is 19.9 Å². The quantitative estimate of drug-likeness (QED) is 0.915.